The summed E-state index contributed by atoms with van der Waals surface area (Å²) in [5.41, 5.74) is 0.886. The molecule has 1 N–H and O–H groups in total. The largest absolute Gasteiger partial charge is 0.368 e. The van der Waals surface area contributed by atoms with Crippen LogP contribution in [0.25, 0.3) is 0 Å². The van der Waals surface area contributed by atoms with Crippen molar-refractivity contribution in [3.63, 3.8) is 0 Å². The van der Waals surface area contributed by atoms with E-state index in [0.29, 0.717) is 16.1 Å². The first-order chi connectivity index (χ1) is 13.3. The van der Waals surface area contributed by atoms with Gasteiger partial charge in [-0.15, -0.1) is 0 Å². The number of hydrogen-bond donors (Lipinski definition) is 1. The minimum Gasteiger partial charge on any atom is -0.368 e. The average Bonchev–Trinajstić information content (AvgIpc) is 2.70. The van der Waals surface area contributed by atoms with Crippen molar-refractivity contribution in [2.75, 3.05) is 46.8 Å². The quantitative estimate of drug-likeness (QED) is 0.647. The van der Waals surface area contributed by atoms with Crippen molar-refractivity contribution in [1.29, 1.82) is 0 Å². The molecule has 0 bridgehead atoms. The molecule has 1 saturated heterocycles. The third-order valence-electron chi connectivity index (χ3n) is 5.16. The van der Waals surface area contributed by atoms with Crippen molar-refractivity contribution >= 4 is 29.2 Å². The Morgan fingerprint density at radius 1 is 1.14 bits per heavy atom. The fourth-order valence-electron chi connectivity index (χ4n) is 3.35. The highest BCUT2D eigenvalue weighted by Crippen LogP contribution is 2.25. The van der Waals surface area contributed by atoms with Crippen LogP contribution in [0.1, 0.15) is 39.0 Å². The van der Waals surface area contributed by atoms with Gasteiger partial charge in [-0.3, -0.25) is 0 Å². The first-order valence-corrected chi connectivity index (χ1v) is 10.9. The number of hydrogen-bond acceptors (Lipinski definition) is 3. The molecular weight excluding hydrogens is 395 g/mol. The van der Waals surface area contributed by atoms with Crippen molar-refractivity contribution in [3.8, 4) is 0 Å². The van der Waals surface area contributed by atoms with E-state index in [2.05, 4.69) is 35.2 Å². The number of carbonyl (C=O) groups excluding carboxylic acids is 1. The SMILES string of the molecule is C=C/C(=C(/Cl)C(=C)Cl)N1CCN(CC)CC1.CN(C)C(=O)NC1CCCCC1. The second-order valence-electron chi connectivity index (χ2n) is 7.41. The number of halogens is 2. The fraction of sp³-hybridized carbons (Fsp3) is 0.667. The standard InChI is InChI=1S/C12H18Cl2N2.C9H18N2O/c1-4-11(12(14)10(3)13)16-8-6-15(5-2)7-9-16;1-11(2)9(12)10-8-6-4-3-5-7-8/h4H,1,3,5-9H2,2H3;8H,3-7H2,1-2H3,(H,10,12)/b12-11-;. The van der Waals surface area contributed by atoms with Crippen LogP contribution in [0.2, 0.25) is 0 Å². The summed E-state index contributed by atoms with van der Waals surface area (Å²) in [6.07, 6.45) is 7.90. The normalized spacial score (nSPS) is 19.1. The molecule has 2 amide bonds. The highest BCUT2D eigenvalue weighted by atomic mass is 35.5. The summed E-state index contributed by atoms with van der Waals surface area (Å²) in [6, 6.07) is 0.468. The van der Waals surface area contributed by atoms with Crippen LogP contribution in [0, 0.1) is 0 Å². The molecule has 2 rings (SSSR count). The highest BCUT2D eigenvalue weighted by Gasteiger charge is 2.19. The Balaban J connectivity index is 0.000000292. The molecule has 0 atom stereocenters. The molecule has 1 aliphatic heterocycles. The van der Waals surface area contributed by atoms with Crippen LogP contribution in [0.3, 0.4) is 0 Å². The van der Waals surface area contributed by atoms with Crippen LogP contribution in [0.5, 0.6) is 0 Å². The number of likely N-dealkylation sites (N-methyl/N-ethyl adjacent to an activating group) is 1. The summed E-state index contributed by atoms with van der Waals surface area (Å²) in [5, 5.41) is 3.88. The molecule has 1 saturated carbocycles. The number of amides is 2. The first kappa shape index (κ1) is 24.9. The third kappa shape index (κ3) is 8.46. The van der Waals surface area contributed by atoms with Crippen LogP contribution in [0.4, 0.5) is 4.79 Å². The van der Waals surface area contributed by atoms with E-state index in [1.54, 1.807) is 25.1 Å². The van der Waals surface area contributed by atoms with Gasteiger partial charge in [0.05, 0.1) is 15.8 Å². The Hall–Kier alpha value is -1.17. The average molecular weight is 431 g/mol. The summed E-state index contributed by atoms with van der Waals surface area (Å²) in [4.78, 5) is 17.4. The van der Waals surface area contributed by atoms with E-state index in [-0.39, 0.29) is 6.03 Å². The zero-order chi connectivity index (χ0) is 21.1. The topological polar surface area (TPSA) is 38.8 Å². The van der Waals surface area contributed by atoms with Gasteiger partial charge in [-0.05, 0) is 25.5 Å². The molecule has 2 fully saturated rings. The van der Waals surface area contributed by atoms with E-state index in [9.17, 15) is 4.79 Å². The Morgan fingerprint density at radius 2 is 1.71 bits per heavy atom. The molecule has 5 nitrogen and oxygen atoms in total. The summed E-state index contributed by atoms with van der Waals surface area (Å²) in [7, 11) is 3.55. The molecule has 0 aromatic carbocycles. The number of carbonyl (C=O) groups is 1. The molecule has 0 aromatic heterocycles. The summed E-state index contributed by atoms with van der Waals surface area (Å²) >= 11 is 11.9. The Morgan fingerprint density at radius 3 is 2.14 bits per heavy atom. The van der Waals surface area contributed by atoms with E-state index < -0.39 is 0 Å². The second-order valence-corrected chi connectivity index (χ2v) is 8.24. The molecule has 0 radical (unpaired) electrons. The van der Waals surface area contributed by atoms with Gasteiger partial charge in [0.15, 0.2) is 0 Å². The molecule has 7 heteroatoms. The maximum Gasteiger partial charge on any atom is 0.317 e. The molecule has 0 unspecified atom stereocenters. The lowest BCUT2D eigenvalue weighted by Gasteiger charge is -2.36. The van der Waals surface area contributed by atoms with Crippen molar-refractivity contribution in [2.24, 2.45) is 0 Å². The van der Waals surface area contributed by atoms with E-state index in [4.69, 9.17) is 23.2 Å². The van der Waals surface area contributed by atoms with Gasteiger partial charge in [-0.2, -0.15) is 0 Å². The van der Waals surface area contributed by atoms with E-state index in [1.807, 2.05) is 0 Å². The summed E-state index contributed by atoms with van der Waals surface area (Å²) in [5.74, 6) is 0. The van der Waals surface area contributed by atoms with Gasteiger partial charge in [-0.1, -0.05) is 62.5 Å². The molecule has 1 heterocycles. The fourth-order valence-corrected chi connectivity index (χ4v) is 3.65. The zero-order valence-corrected chi connectivity index (χ0v) is 19.2. The van der Waals surface area contributed by atoms with Gasteiger partial charge in [0, 0.05) is 46.3 Å². The van der Waals surface area contributed by atoms with Gasteiger partial charge in [-0.25, -0.2) is 4.79 Å². The second kappa shape index (κ2) is 13.1. The summed E-state index contributed by atoms with van der Waals surface area (Å²) in [6.45, 7) is 14.7. The van der Waals surface area contributed by atoms with Crippen molar-refractivity contribution in [3.05, 3.63) is 35.0 Å². The molecule has 2 aliphatic rings. The van der Waals surface area contributed by atoms with Crippen LogP contribution < -0.4 is 5.32 Å². The van der Waals surface area contributed by atoms with Crippen molar-refractivity contribution in [2.45, 2.75) is 45.1 Å². The van der Waals surface area contributed by atoms with Crippen LogP contribution in [-0.4, -0.2) is 73.6 Å². The number of piperazine rings is 1. The number of nitrogens with one attached hydrogen (secondary N) is 1. The lowest BCUT2D eigenvalue weighted by Crippen LogP contribution is -2.45. The smallest absolute Gasteiger partial charge is 0.317 e. The minimum atomic E-state index is 0.0434. The maximum absolute atomic E-state index is 11.2. The predicted octanol–water partition coefficient (Wildman–Crippen LogP) is 4.60. The number of allylic oxidation sites excluding steroid dienone is 3. The molecule has 0 spiro atoms. The number of nitrogens with zero attached hydrogens (tertiary/aromatic N) is 3. The number of rotatable bonds is 5. The van der Waals surface area contributed by atoms with Crippen molar-refractivity contribution in [1.82, 2.24) is 20.0 Å². The molecule has 28 heavy (non-hydrogen) atoms. The zero-order valence-electron chi connectivity index (χ0n) is 17.6. The minimum absolute atomic E-state index is 0.0434. The Bertz CT molecular complexity index is 549. The van der Waals surface area contributed by atoms with Crippen molar-refractivity contribution < 1.29 is 4.79 Å². The van der Waals surface area contributed by atoms with E-state index >= 15 is 0 Å². The van der Waals surface area contributed by atoms with Crippen LogP contribution in [0.15, 0.2) is 35.0 Å². The van der Waals surface area contributed by atoms with Gasteiger partial charge >= 0.3 is 6.03 Å². The van der Waals surface area contributed by atoms with Crippen LogP contribution in [-0.2, 0) is 0 Å². The lowest BCUT2D eigenvalue weighted by molar-refractivity contribution is 0.168. The Labute approximate surface area is 181 Å². The Kier molecular flexibility index (Phi) is 11.7. The maximum atomic E-state index is 11.2. The first-order valence-electron chi connectivity index (χ1n) is 10.1. The highest BCUT2D eigenvalue weighted by molar-refractivity contribution is 6.44. The van der Waals surface area contributed by atoms with Crippen LogP contribution >= 0.6 is 23.2 Å². The molecule has 160 valence electrons. The number of urea groups is 1. The molecule has 0 aromatic rings. The van der Waals surface area contributed by atoms with E-state index in [1.165, 1.54) is 19.3 Å². The molecule has 1 aliphatic carbocycles. The lowest BCUT2D eigenvalue weighted by atomic mass is 9.96. The van der Waals surface area contributed by atoms with Gasteiger partial charge in [0.2, 0.25) is 0 Å². The van der Waals surface area contributed by atoms with Gasteiger partial charge in [0.25, 0.3) is 0 Å². The van der Waals surface area contributed by atoms with Gasteiger partial charge in [0.1, 0.15) is 0 Å². The predicted molar refractivity (Wildman–Crippen MR) is 121 cm³/mol. The third-order valence-corrected chi connectivity index (χ3v) is 5.86. The van der Waals surface area contributed by atoms with Gasteiger partial charge < -0.3 is 20.0 Å². The summed E-state index contributed by atoms with van der Waals surface area (Å²) < 4.78 is 0. The van der Waals surface area contributed by atoms with E-state index in [0.717, 1.165) is 51.3 Å². The molecular formula is C21H36Cl2N4O. The monoisotopic (exact) mass is 430 g/mol.